The van der Waals surface area contributed by atoms with Crippen LogP contribution in [0.1, 0.15) is 50.0 Å². The average Bonchev–Trinajstić information content (AvgIpc) is 3.42. The quantitative estimate of drug-likeness (QED) is 0.310. The van der Waals surface area contributed by atoms with Crippen LogP contribution in [0.3, 0.4) is 0 Å². The molecule has 1 aromatic rings. The van der Waals surface area contributed by atoms with Crippen LogP contribution < -0.4 is 16.4 Å². The molecule has 6 N–H and O–H groups in total. The van der Waals surface area contributed by atoms with Crippen LogP contribution in [0.25, 0.3) is 0 Å². The second-order valence-corrected chi connectivity index (χ2v) is 6.99. The molecule has 6 heteroatoms. The summed E-state index contributed by atoms with van der Waals surface area (Å²) in [5.74, 6) is 0.0262. The normalized spacial score (nSPS) is 23.8. The van der Waals surface area contributed by atoms with Crippen molar-refractivity contribution in [3.05, 3.63) is 41.6 Å². The maximum Gasteiger partial charge on any atom is 0.253 e. The molecule has 0 aromatic heterocycles. The summed E-state index contributed by atoms with van der Waals surface area (Å²) < 4.78 is 0. The smallest absolute Gasteiger partial charge is 0.253 e. The highest BCUT2D eigenvalue weighted by molar-refractivity contribution is 6.23. The molecule has 0 aliphatic heterocycles. The Kier molecular flexibility index (Phi) is 5.38. The monoisotopic (exact) mass is 342 g/mol. The first-order valence-corrected chi connectivity index (χ1v) is 8.93. The lowest BCUT2D eigenvalue weighted by atomic mass is 9.93. The molecule has 134 valence electrons. The van der Waals surface area contributed by atoms with Crippen LogP contribution in [0.5, 0.6) is 0 Å². The Bertz CT molecular complexity index is 657. The van der Waals surface area contributed by atoms with E-state index in [2.05, 4.69) is 22.8 Å². The minimum Gasteiger partial charge on any atom is -0.393 e. The molecular weight excluding hydrogens is 316 g/mol. The third-order valence-corrected chi connectivity index (χ3v) is 4.92. The molecule has 6 nitrogen and oxygen atoms in total. The summed E-state index contributed by atoms with van der Waals surface area (Å²) in [6.07, 6.45) is 6.98. The molecule has 25 heavy (non-hydrogen) atoms. The first-order valence-electron chi connectivity index (χ1n) is 8.93. The number of aliphatic hydroxyl groups is 1. The molecule has 0 bridgehead atoms. The molecule has 0 spiro atoms. The minimum absolute atomic E-state index is 0.0185. The summed E-state index contributed by atoms with van der Waals surface area (Å²) in [6, 6.07) is 8.18. The molecular formula is C19H26N4O2. The fourth-order valence-corrected chi connectivity index (χ4v) is 3.18. The molecule has 2 saturated carbocycles. The van der Waals surface area contributed by atoms with E-state index in [4.69, 9.17) is 11.1 Å². The van der Waals surface area contributed by atoms with Crippen LogP contribution in [-0.2, 0) is 4.79 Å². The third-order valence-electron chi connectivity index (χ3n) is 4.92. The number of hydrogen-bond acceptors (Lipinski definition) is 4. The van der Waals surface area contributed by atoms with Crippen LogP contribution in [0.15, 0.2) is 36.0 Å². The van der Waals surface area contributed by atoms with E-state index in [0.29, 0.717) is 5.92 Å². The molecule has 2 fully saturated rings. The van der Waals surface area contributed by atoms with Gasteiger partial charge in [0, 0.05) is 17.9 Å². The standard InChI is InChI=1S/C19H26N4O2/c20-18(23-15-5-3-13(4-6-15)12-1-2-12)17(19(21)25)11-22-14-7-9-16(24)10-8-14/h3-6,11-12,14,16,22,24H,1-2,7-10H2,(H2,20,23)(H2,21,25)/b17-11+. The summed E-state index contributed by atoms with van der Waals surface area (Å²) >= 11 is 0. The molecule has 0 saturated heterocycles. The van der Waals surface area contributed by atoms with E-state index in [-0.39, 0.29) is 23.6 Å². The van der Waals surface area contributed by atoms with E-state index >= 15 is 0 Å². The van der Waals surface area contributed by atoms with Gasteiger partial charge in [0.2, 0.25) is 0 Å². The third kappa shape index (κ3) is 4.82. The van der Waals surface area contributed by atoms with Crippen molar-refractivity contribution in [1.82, 2.24) is 5.32 Å². The first-order chi connectivity index (χ1) is 12.0. The van der Waals surface area contributed by atoms with Gasteiger partial charge in [-0.2, -0.15) is 0 Å². The molecule has 0 atom stereocenters. The number of carbonyl (C=O) groups is 1. The van der Waals surface area contributed by atoms with Crippen molar-refractivity contribution in [3.63, 3.8) is 0 Å². The van der Waals surface area contributed by atoms with Crippen molar-refractivity contribution in [3.8, 4) is 0 Å². The number of anilines is 1. The number of hydrogen-bond donors (Lipinski definition) is 5. The van der Waals surface area contributed by atoms with Gasteiger partial charge < -0.3 is 21.5 Å². The summed E-state index contributed by atoms with van der Waals surface area (Å²) in [5, 5.41) is 23.8. The number of amides is 1. The maximum atomic E-state index is 11.7. The Morgan fingerprint density at radius 1 is 1.12 bits per heavy atom. The van der Waals surface area contributed by atoms with Gasteiger partial charge in [0.15, 0.2) is 0 Å². The Morgan fingerprint density at radius 3 is 2.32 bits per heavy atom. The minimum atomic E-state index is -0.643. The largest absolute Gasteiger partial charge is 0.393 e. The van der Waals surface area contributed by atoms with Gasteiger partial charge in [-0.25, -0.2) is 0 Å². The van der Waals surface area contributed by atoms with Gasteiger partial charge >= 0.3 is 0 Å². The molecule has 3 rings (SSSR count). The van der Waals surface area contributed by atoms with E-state index in [1.807, 2.05) is 12.1 Å². The van der Waals surface area contributed by atoms with Crippen LogP contribution in [0, 0.1) is 5.41 Å². The van der Waals surface area contributed by atoms with Gasteiger partial charge in [-0.05, 0) is 62.1 Å². The van der Waals surface area contributed by atoms with Crippen molar-refractivity contribution >= 4 is 17.4 Å². The van der Waals surface area contributed by atoms with Crippen LogP contribution in [-0.4, -0.2) is 29.0 Å². The van der Waals surface area contributed by atoms with Gasteiger partial charge in [-0.3, -0.25) is 10.2 Å². The zero-order valence-corrected chi connectivity index (χ0v) is 14.3. The van der Waals surface area contributed by atoms with Crippen molar-refractivity contribution in [2.24, 2.45) is 5.73 Å². The molecule has 2 aliphatic rings. The zero-order valence-electron chi connectivity index (χ0n) is 14.3. The Morgan fingerprint density at radius 2 is 1.76 bits per heavy atom. The first kappa shape index (κ1) is 17.5. The number of primary amides is 1. The van der Waals surface area contributed by atoms with Gasteiger partial charge in [0.05, 0.1) is 11.7 Å². The summed E-state index contributed by atoms with van der Waals surface area (Å²) in [5.41, 5.74) is 7.64. The number of nitrogens with one attached hydrogen (secondary N) is 3. The van der Waals surface area contributed by atoms with E-state index in [1.165, 1.54) is 24.6 Å². The lowest BCUT2D eigenvalue weighted by Gasteiger charge is -2.25. The van der Waals surface area contributed by atoms with Crippen molar-refractivity contribution in [2.45, 2.75) is 56.6 Å². The number of amidine groups is 1. The number of nitrogens with two attached hydrogens (primary N) is 1. The van der Waals surface area contributed by atoms with Crippen molar-refractivity contribution in [1.29, 1.82) is 5.41 Å². The average molecular weight is 342 g/mol. The molecule has 1 amide bonds. The summed E-state index contributed by atoms with van der Waals surface area (Å²) in [7, 11) is 0. The molecule has 1 aromatic carbocycles. The number of carbonyl (C=O) groups excluding carboxylic acids is 1. The number of aliphatic hydroxyl groups excluding tert-OH is 1. The lowest BCUT2D eigenvalue weighted by molar-refractivity contribution is -0.114. The van der Waals surface area contributed by atoms with Gasteiger partial charge in [0.25, 0.3) is 5.91 Å². The second kappa shape index (κ2) is 7.70. The SMILES string of the molecule is N=C(Nc1ccc(C2CC2)cc1)/C(=C\NC1CCC(O)CC1)C(N)=O. The van der Waals surface area contributed by atoms with Crippen LogP contribution in [0.4, 0.5) is 5.69 Å². The Labute approximate surface area is 148 Å². The summed E-state index contributed by atoms with van der Waals surface area (Å²) in [6.45, 7) is 0. The van der Waals surface area contributed by atoms with E-state index in [9.17, 15) is 9.90 Å². The van der Waals surface area contributed by atoms with Crippen molar-refractivity contribution in [2.75, 3.05) is 5.32 Å². The Balaban J connectivity index is 1.59. The lowest BCUT2D eigenvalue weighted by Crippen LogP contribution is -2.34. The second-order valence-electron chi connectivity index (χ2n) is 6.99. The highest BCUT2D eigenvalue weighted by Crippen LogP contribution is 2.40. The van der Waals surface area contributed by atoms with E-state index in [0.717, 1.165) is 31.4 Å². The van der Waals surface area contributed by atoms with Crippen LogP contribution in [0.2, 0.25) is 0 Å². The highest BCUT2D eigenvalue weighted by Gasteiger charge is 2.23. The summed E-state index contributed by atoms with van der Waals surface area (Å²) in [4.78, 5) is 11.7. The van der Waals surface area contributed by atoms with Gasteiger partial charge in [-0.15, -0.1) is 0 Å². The fourth-order valence-electron chi connectivity index (χ4n) is 3.18. The van der Waals surface area contributed by atoms with Crippen LogP contribution >= 0.6 is 0 Å². The fraction of sp³-hybridized carbons (Fsp3) is 0.474. The van der Waals surface area contributed by atoms with Gasteiger partial charge in [-0.1, -0.05) is 12.1 Å². The zero-order chi connectivity index (χ0) is 17.8. The highest BCUT2D eigenvalue weighted by atomic mass is 16.3. The van der Waals surface area contributed by atoms with E-state index < -0.39 is 5.91 Å². The number of rotatable bonds is 6. The molecule has 0 unspecified atom stereocenters. The topological polar surface area (TPSA) is 111 Å². The van der Waals surface area contributed by atoms with E-state index in [1.54, 1.807) is 0 Å². The molecule has 2 aliphatic carbocycles. The maximum absolute atomic E-state index is 11.7. The number of benzene rings is 1. The van der Waals surface area contributed by atoms with Gasteiger partial charge in [0.1, 0.15) is 5.84 Å². The van der Waals surface area contributed by atoms with Crippen molar-refractivity contribution < 1.29 is 9.90 Å². The Hall–Kier alpha value is -2.34. The predicted octanol–water partition coefficient (Wildman–Crippen LogP) is 2.22. The molecule has 0 radical (unpaired) electrons. The predicted molar refractivity (Wildman–Crippen MR) is 98.4 cm³/mol. The molecule has 0 heterocycles.